The molecular formula is C15H14ClN3O2. The fourth-order valence-corrected chi connectivity index (χ4v) is 1.79. The van der Waals surface area contributed by atoms with Crippen LogP contribution in [0, 0.1) is 6.92 Å². The van der Waals surface area contributed by atoms with Crippen LogP contribution in [0.2, 0.25) is 5.15 Å². The molecule has 0 aliphatic carbocycles. The lowest BCUT2D eigenvalue weighted by molar-refractivity contribution is -0.115. The third-order valence-corrected chi connectivity index (χ3v) is 3.14. The number of rotatable bonds is 4. The first kappa shape index (κ1) is 15.0. The topological polar surface area (TPSA) is 71.1 Å². The first-order chi connectivity index (χ1) is 10.1. The monoisotopic (exact) mass is 303 g/mol. The Morgan fingerprint density at radius 1 is 1.24 bits per heavy atom. The molecule has 0 unspecified atom stereocenters. The Kier molecular flexibility index (Phi) is 4.90. The average Bonchev–Trinajstić information content (AvgIpc) is 2.49. The Morgan fingerprint density at radius 3 is 2.62 bits per heavy atom. The fraction of sp³-hybridized carbons (Fsp3) is 0.133. The number of benzene rings is 1. The second-order valence-electron chi connectivity index (χ2n) is 4.43. The molecule has 2 rings (SSSR count). The van der Waals surface area contributed by atoms with Crippen molar-refractivity contribution in [3.05, 3.63) is 58.9 Å². The van der Waals surface area contributed by atoms with Gasteiger partial charge < -0.3 is 10.6 Å². The van der Waals surface area contributed by atoms with Gasteiger partial charge in [-0.1, -0.05) is 29.8 Å². The van der Waals surface area contributed by atoms with E-state index >= 15 is 0 Å². The van der Waals surface area contributed by atoms with Crippen LogP contribution in [0.3, 0.4) is 0 Å². The van der Waals surface area contributed by atoms with Crippen molar-refractivity contribution in [3.8, 4) is 0 Å². The number of amides is 2. The Bertz CT molecular complexity index is 659. The van der Waals surface area contributed by atoms with Gasteiger partial charge >= 0.3 is 0 Å². The van der Waals surface area contributed by atoms with E-state index in [2.05, 4.69) is 15.6 Å². The second kappa shape index (κ2) is 6.85. The smallest absolute Gasteiger partial charge is 0.251 e. The van der Waals surface area contributed by atoms with Crippen molar-refractivity contribution in [1.82, 2.24) is 10.3 Å². The van der Waals surface area contributed by atoms with Gasteiger partial charge in [0.25, 0.3) is 5.91 Å². The van der Waals surface area contributed by atoms with Gasteiger partial charge in [0.1, 0.15) is 5.15 Å². The summed E-state index contributed by atoms with van der Waals surface area (Å²) in [6, 6.07) is 10.4. The molecule has 21 heavy (non-hydrogen) atoms. The van der Waals surface area contributed by atoms with E-state index < -0.39 is 0 Å². The molecule has 0 saturated carbocycles. The molecule has 0 bridgehead atoms. The molecule has 2 amide bonds. The zero-order valence-corrected chi connectivity index (χ0v) is 12.1. The summed E-state index contributed by atoms with van der Waals surface area (Å²) in [7, 11) is 0. The molecule has 0 saturated heterocycles. The van der Waals surface area contributed by atoms with E-state index in [9.17, 15) is 9.59 Å². The number of carbonyl (C=O) groups is 2. The number of anilines is 1. The van der Waals surface area contributed by atoms with Crippen LogP contribution in [0.25, 0.3) is 0 Å². The van der Waals surface area contributed by atoms with Crippen molar-refractivity contribution >= 4 is 29.1 Å². The van der Waals surface area contributed by atoms with Crippen LogP contribution in [-0.2, 0) is 4.79 Å². The van der Waals surface area contributed by atoms with Crippen LogP contribution < -0.4 is 10.6 Å². The fourth-order valence-electron chi connectivity index (χ4n) is 1.68. The van der Waals surface area contributed by atoms with Gasteiger partial charge in [-0.3, -0.25) is 9.59 Å². The quantitative estimate of drug-likeness (QED) is 0.852. The van der Waals surface area contributed by atoms with Gasteiger partial charge in [-0.25, -0.2) is 4.98 Å². The van der Waals surface area contributed by atoms with Crippen LogP contribution in [0.1, 0.15) is 15.9 Å². The summed E-state index contributed by atoms with van der Waals surface area (Å²) in [6.07, 6.45) is 1.46. The number of hydrogen-bond donors (Lipinski definition) is 2. The second-order valence-corrected chi connectivity index (χ2v) is 4.79. The molecule has 5 nitrogen and oxygen atoms in total. The Balaban J connectivity index is 1.87. The van der Waals surface area contributed by atoms with E-state index in [1.54, 1.807) is 37.3 Å². The maximum absolute atomic E-state index is 11.8. The first-order valence-corrected chi connectivity index (χ1v) is 6.69. The number of aromatic nitrogens is 1. The number of halogens is 1. The Hall–Kier alpha value is -2.40. The summed E-state index contributed by atoms with van der Waals surface area (Å²) < 4.78 is 0. The van der Waals surface area contributed by atoms with E-state index in [0.717, 1.165) is 5.56 Å². The third kappa shape index (κ3) is 4.29. The van der Waals surface area contributed by atoms with Crippen molar-refractivity contribution < 1.29 is 9.59 Å². The predicted octanol–water partition coefficient (Wildman–Crippen LogP) is 2.41. The number of pyridine rings is 1. The van der Waals surface area contributed by atoms with E-state index in [-0.39, 0.29) is 18.4 Å². The van der Waals surface area contributed by atoms with Crippen LogP contribution in [0.4, 0.5) is 5.69 Å². The lowest BCUT2D eigenvalue weighted by Gasteiger charge is -2.07. The molecule has 0 aliphatic rings. The molecule has 0 radical (unpaired) electrons. The largest absolute Gasteiger partial charge is 0.343 e. The van der Waals surface area contributed by atoms with Crippen molar-refractivity contribution in [1.29, 1.82) is 0 Å². The van der Waals surface area contributed by atoms with Crippen molar-refractivity contribution in [2.24, 2.45) is 0 Å². The minimum Gasteiger partial charge on any atom is -0.343 e. The molecule has 1 aromatic carbocycles. The predicted molar refractivity (Wildman–Crippen MR) is 81.4 cm³/mol. The maximum atomic E-state index is 11.8. The zero-order chi connectivity index (χ0) is 15.2. The van der Waals surface area contributed by atoms with Crippen LogP contribution in [0.15, 0.2) is 42.6 Å². The molecule has 0 atom stereocenters. The number of nitrogens with zero attached hydrogens (tertiary/aromatic N) is 1. The molecule has 6 heteroatoms. The summed E-state index contributed by atoms with van der Waals surface area (Å²) in [5, 5.41) is 5.58. The molecule has 1 aromatic heterocycles. The minimum atomic E-state index is -0.331. The summed E-state index contributed by atoms with van der Waals surface area (Å²) >= 11 is 5.81. The summed E-state index contributed by atoms with van der Waals surface area (Å²) in [5.41, 5.74) is 1.81. The van der Waals surface area contributed by atoms with Crippen LogP contribution in [-0.4, -0.2) is 23.3 Å². The molecule has 0 spiro atoms. The van der Waals surface area contributed by atoms with E-state index in [1.165, 1.54) is 6.20 Å². The number of carbonyl (C=O) groups excluding carboxylic acids is 2. The maximum Gasteiger partial charge on any atom is 0.251 e. The molecule has 2 aromatic rings. The molecule has 108 valence electrons. The highest BCUT2D eigenvalue weighted by atomic mass is 35.5. The van der Waals surface area contributed by atoms with Crippen molar-refractivity contribution in [2.45, 2.75) is 6.92 Å². The van der Waals surface area contributed by atoms with Gasteiger partial charge in [-0.15, -0.1) is 0 Å². The van der Waals surface area contributed by atoms with Crippen molar-refractivity contribution in [3.63, 3.8) is 0 Å². The van der Waals surface area contributed by atoms with E-state index in [1.807, 2.05) is 6.07 Å². The lowest BCUT2D eigenvalue weighted by atomic mass is 10.2. The average molecular weight is 304 g/mol. The summed E-state index contributed by atoms with van der Waals surface area (Å²) in [5.74, 6) is -0.626. The molecular weight excluding hydrogens is 290 g/mol. The number of hydrogen-bond acceptors (Lipinski definition) is 3. The highest BCUT2D eigenvalue weighted by Crippen LogP contribution is 2.15. The minimum absolute atomic E-state index is 0.116. The molecule has 0 fully saturated rings. The summed E-state index contributed by atoms with van der Waals surface area (Å²) in [4.78, 5) is 27.5. The van der Waals surface area contributed by atoms with Crippen LogP contribution in [0.5, 0.6) is 0 Å². The highest BCUT2D eigenvalue weighted by molar-refractivity contribution is 6.30. The van der Waals surface area contributed by atoms with Gasteiger partial charge in [-0.05, 0) is 30.7 Å². The van der Waals surface area contributed by atoms with Crippen LogP contribution >= 0.6 is 11.6 Å². The molecule has 1 heterocycles. The van der Waals surface area contributed by atoms with Gasteiger partial charge in [-0.2, -0.15) is 0 Å². The summed E-state index contributed by atoms with van der Waals surface area (Å²) in [6.45, 7) is 1.68. The van der Waals surface area contributed by atoms with E-state index in [0.29, 0.717) is 16.4 Å². The Labute approximate surface area is 127 Å². The molecule has 0 aliphatic heterocycles. The van der Waals surface area contributed by atoms with Crippen molar-refractivity contribution in [2.75, 3.05) is 11.9 Å². The SMILES string of the molecule is Cc1cc(NC(=O)CNC(=O)c2ccccc2)cnc1Cl. The standard InChI is InChI=1S/C15H14ClN3O2/c1-10-7-12(8-17-14(10)16)19-13(20)9-18-15(21)11-5-3-2-4-6-11/h2-8H,9H2,1H3,(H,18,21)(H,19,20). The lowest BCUT2D eigenvalue weighted by Crippen LogP contribution is -2.32. The van der Waals surface area contributed by atoms with E-state index in [4.69, 9.17) is 11.6 Å². The normalized spacial score (nSPS) is 10.0. The van der Waals surface area contributed by atoms with Gasteiger partial charge in [0.05, 0.1) is 18.4 Å². The zero-order valence-electron chi connectivity index (χ0n) is 11.4. The van der Waals surface area contributed by atoms with Gasteiger partial charge in [0.15, 0.2) is 0 Å². The highest BCUT2D eigenvalue weighted by Gasteiger charge is 2.08. The molecule has 2 N–H and O–H groups in total. The van der Waals surface area contributed by atoms with Gasteiger partial charge in [0.2, 0.25) is 5.91 Å². The number of nitrogens with one attached hydrogen (secondary N) is 2. The third-order valence-electron chi connectivity index (χ3n) is 2.74. The number of aryl methyl sites for hydroxylation is 1. The first-order valence-electron chi connectivity index (χ1n) is 6.31. The Morgan fingerprint density at radius 2 is 1.95 bits per heavy atom. The van der Waals surface area contributed by atoms with Gasteiger partial charge in [0, 0.05) is 5.56 Å².